The lowest BCUT2D eigenvalue weighted by molar-refractivity contribution is 0.0270. The highest BCUT2D eigenvalue weighted by Crippen LogP contribution is 2.29. The van der Waals surface area contributed by atoms with Gasteiger partial charge in [0.05, 0.1) is 5.39 Å². The van der Waals surface area contributed by atoms with Crippen LogP contribution in [0.3, 0.4) is 0 Å². The number of nitrogens with one attached hydrogen (secondary N) is 3. The van der Waals surface area contributed by atoms with Gasteiger partial charge >= 0.3 is 6.09 Å². The molecule has 2 aromatic rings. The van der Waals surface area contributed by atoms with Crippen molar-refractivity contribution in [2.24, 2.45) is 5.73 Å². The monoisotopic (exact) mass is 447 g/mol. The Morgan fingerprint density at radius 1 is 1.30 bits per heavy atom. The minimum atomic E-state index is -0.509. The Kier molecular flexibility index (Phi) is 6.04. The molecule has 1 aliphatic carbocycles. The largest absolute Gasteiger partial charge is 0.444 e. The van der Waals surface area contributed by atoms with Crippen LogP contribution in [0.2, 0.25) is 0 Å². The SMILES string of the molecule is CC(C)(C)OC(=O)N1CC=C(c2cc3c(NC4=CCC(N)=C(C=N)C=C4)ncnc3[nH]2)CC1. The second-order valence-electron chi connectivity index (χ2n) is 9.02. The van der Waals surface area contributed by atoms with Crippen LogP contribution in [0.1, 0.15) is 39.3 Å². The van der Waals surface area contributed by atoms with Gasteiger partial charge in [-0.3, -0.25) is 0 Å². The molecule has 0 saturated carbocycles. The van der Waals surface area contributed by atoms with Crippen molar-refractivity contribution >= 4 is 34.7 Å². The van der Waals surface area contributed by atoms with Crippen LogP contribution in [0.15, 0.2) is 53.7 Å². The van der Waals surface area contributed by atoms with E-state index in [4.69, 9.17) is 15.9 Å². The second kappa shape index (κ2) is 8.93. The first kappa shape index (κ1) is 22.3. The predicted octanol–water partition coefficient (Wildman–Crippen LogP) is 4.10. The quantitative estimate of drug-likeness (QED) is 0.522. The number of H-pyrrole nitrogens is 1. The molecule has 0 unspecified atom stereocenters. The van der Waals surface area contributed by atoms with Crippen LogP contribution in [-0.2, 0) is 4.74 Å². The predicted molar refractivity (Wildman–Crippen MR) is 130 cm³/mol. The average Bonchev–Trinajstić information content (AvgIpc) is 3.13. The van der Waals surface area contributed by atoms with Crippen molar-refractivity contribution in [3.63, 3.8) is 0 Å². The zero-order chi connectivity index (χ0) is 23.6. The number of aromatic nitrogens is 3. The molecule has 33 heavy (non-hydrogen) atoms. The van der Waals surface area contributed by atoms with Crippen molar-refractivity contribution in [2.75, 3.05) is 18.4 Å². The van der Waals surface area contributed by atoms with Gasteiger partial charge in [0.25, 0.3) is 0 Å². The molecule has 172 valence electrons. The van der Waals surface area contributed by atoms with E-state index in [0.29, 0.717) is 43.0 Å². The number of nitrogens with two attached hydrogens (primary N) is 1. The van der Waals surface area contributed by atoms with Crippen LogP contribution >= 0.6 is 0 Å². The fraction of sp³-hybridized carbons (Fsp3) is 0.333. The van der Waals surface area contributed by atoms with E-state index in [0.717, 1.165) is 28.0 Å². The highest BCUT2D eigenvalue weighted by molar-refractivity contribution is 5.91. The molecule has 9 heteroatoms. The maximum atomic E-state index is 12.3. The summed E-state index contributed by atoms with van der Waals surface area (Å²) in [4.78, 5) is 26.2. The van der Waals surface area contributed by atoms with Crippen LogP contribution in [0.4, 0.5) is 10.6 Å². The minimum absolute atomic E-state index is 0.294. The number of nitrogens with zero attached hydrogens (tertiary/aromatic N) is 3. The van der Waals surface area contributed by atoms with Gasteiger partial charge < -0.3 is 31.1 Å². The van der Waals surface area contributed by atoms with E-state index in [1.54, 1.807) is 4.90 Å². The summed E-state index contributed by atoms with van der Waals surface area (Å²) >= 11 is 0. The van der Waals surface area contributed by atoms with E-state index in [2.05, 4.69) is 20.3 Å². The molecule has 0 fully saturated rings. The topological polar surface area (TPSA) is 133 Å². The van der Waals surface area contributed by atoms with E-state index in [1.165, 1.54) is 12.5 Å². The Morgan fingerprint density at radius 2 is 2.12 bits per heavy atom. The number of allylic oxidation sites excluding steroid dienone is 4. The maximum Gasteiger partial charge on any atom is 0.410 e. The molecule has 9 nitrogen and oxygen atoms in total. The third-order valence-corrected chi connectivity index (χ3v) is 5.41. The van der Waals surface area contributed by atoms with Crippen LogP contribution < -0.4 is 11.1 Å². The van der Waals surface area contributed by atoms with E-state index in [-0.39, 0.29) is 6.09 Å². The molecule has 1 amide bonds. The summed E-state index contributed by atoms with van der Waals surface area (Å²) in [6, 6.07) is 2.03. The van der Waals surface area contributed by atoms with Crippen molar-refractivity contribution < 1.29 is 9.53 Å². The lowest BCUT2D eigenvalue weighted by atomic mass is 10.1. The number of aromatic amines is 1. The number of fused-ring (bicyclic) bond motifs is 1. The molecule has 0 bridgehead atoms. The molecule has 0 spiro atoms. The van der Waals surface area contributed by atoms with Crippen LogP contribution in [0.5, 0.6) is 0 Å². The summed E-state index contributed by atoms with van der Waals surface area (Å²) in [6.07, 6.45) is 11.5. The number of carbonyl (C=O) groups excluding carboxylic acids is 1. The van der Waals surface area contributed by atoms with Gasteiger partial charge in [0, 0.05) is 48.4 Å². The van der Waals surface area contributed by atoms with Crippen molar-refractivity contribution in [3.8, 4) is 0 Å². The van der Waals surface area contributed by atoms with Crippen LogP contribution in [0.25, 0.3) is 16.6 Å². The normalized spacial score (nSPS) is 16.9. The zero-order valence-corrected chi connectivity index (χ0v) is 19.1. The van der Waals surface area contributed by atoms with E-state index in [1.807, 2.05) is 51.1 Å². The number of hydrogen-bond acceptors (Lipinski definition) is 7. The number of ether oxygens (including phenoxy) is 1. The molecule has 2 aliphatic rings. The summed E-state index contributed by atoms with van der Waals surface area (Å²) in [7, 11) is 0. The maximum absolute atomic E-state index is 12.3. The minimum Gasteiger partial charge on any atom is -0.444 e. The number of amides is 1. The number of anilines is 1. The summed E-state index contributed by atoms with van der Waals surface area (Å²) < 4.78 is 5.47. The molecule has 0 atom stereocenters. The molecular weight excluding hydrogens is 418 g/mol. The van der Waals surface area contributed by atoms with E-state index in [9.17, 15) is 4.79 Å². The Morgan fingerprint density at radius 3 is 2.82 bits per heavy atom. The molecular formula is C24H29N7O2. The average molecular weight is 448 g/mol. The molecule has 1 aliphatic heterocycles. The first-order valence-electron chi connectivity index (χ1n) is 10.9. The van der Waals surface area contributed by atoms with Crippen LogP contribution in [-0.4, -0.2) is 50.9 Å². The van der Waals surface area contributed by atoms with Crippen molar-refractivity contribution in [2.45, 2.75) is 39.2 Å². The van der Waals surface area contributed by atoms with Crippen molar-refractivity contribution in [1.82, 2.24) is 19.9 Å². The Balaban J connectivity index is 1.52. The highest BCUT2D eigenvalue weighted by atomic mass is 16.6. The highest BCUT2D eigenvalue weighted by Gasteiger charge is 2.24. The van der Waals surface area contributed by atoms with Gasteiger partial charge in [-0.05, 0) is 51.0 Å². The van der Waals surface area contributed by atoms with Gasteiger partial charge in [-0.25, -0.2) is 14.8 Å². The standard InChI is InChI=1S/C24H29N7O2/c1-24(2,3)33-23(32)31-10-8-15(9-11-31)20-12-18-21(27-14-28-22(18)30-20)29-17-5-4-16(13-25)19(26)7-6-17/h4-6,8,12-14,25H,7,9-11,26H2,1-3H3,(H2,27,28,29,30). The third-order valence-electron chi connectivity index (χ3n) is 5.41. The molecule has 0 aromatic carbocycles. The molecule has 4 rings (SSSR count). The van der Waals surface area contributed by atoms with E-state index < -0.39 is 5.60 Å². The van der Waals surface area contributed by atoms with E-state index >= 15 is 0 Å². The summed E-state index contributed by atoms with van der Waals surface area (Å²) in [5.41, 5.74) is 10.5. The van der Waals surface area contributed by atoms with Gasteiger partial charge in [-0.2, -0.15) is 0 Å². The summed E-state index contributed by atoms with van der Waals surface area (Å²) in [5.74, 6) is 0.682. The van der Waals surface area contributed by atoms with Crippen molar-refractivity contribution in [3.05, 3.63) is 59.4 Å². The number of carbonyl (C=O) groups is 1. The zero-order valence-electron chi connectivity index (χ0n) is 19.1. The first-order valence-corrected chi connectivity index (χ1v) is 10.9. The smallest absolute Gasteiger partial charge is 0.410 e. The summed E-state index contributed by atoms with van der Waals surface area (Å²) in [6.45, 7) is 6.69. The molecule has 3 heterocycles. The van der Waals surface area contributed by atoms with Gasteiger partial charge in [0.1, 0.15) is 23.4 Å². The van der Waals surface area contributed by atoms with Crippen molar-refractivity contribution in [1.29, 1.82) is 5.41 Å². The Bertz CT molecular complexity index is 1210. The number of rotatable bonds is 4. The first-order chi connectivity index (χ1) is 15.7. The van der Waals surface area contributed by atoms with Gasteiger partial charge in [0.2, 0.25) is 0 Å². The molecule has 0 saturated heterocycles. The Hall–Kier alpha value is -3.88. The van der Waals surface area contributed by atoms with Gasteiger partial charge in [-0.15, -0.1) is 0 Å². The molecule has 0 radical (unpaired) electrons. The third kappa shape index (κ3) is 5.14. The van der Waals surface area contributed by atoms with Gasteiger partial charge in [-0.1, -0.05) is 12.2 Å². The number of hydrogen-bond donors (Lipinski definition) is 4. The lowest BCUT2D eigenvalue weighted by Gasteiger charge is -2.29. The lowest BCUT2D eigenvalue weighted by Crippen LogP contribution is -2.39. The molecule has 2 aromatic heterocycles. The fourth-order valence-electron chi connectivity index (χ4n) is 3.68. The van der Waals surface area contributed by atoms with Crippen LogP contribution in [0, 0.1) is 5.41 Å². The second-order valence-corrected chi connectivity index (χ2v) is 9.02. The summed E-state index contributed by atoms with van der Waals surface area (Å²) in [5, 5.41) is 11.7. The Labute approximate surface area is 192 Å². The van der Waals surface area contributed by atoms with Gasteiger partial charge in [0.15, 0.2) is 0 Å². The fourth-order valence-corrected chi connectivity index (χ4v) is 3.68. The molecule has 5 N–H and O–H groups in total.